The highest BCUT2D eigenvalue weighted by Crippen LogP contribution is 2.30. The number of nitrogens with two attached hydrogens (primary N) is 1. The van der Waals surface area contributed by atoms with Crippen molar-refractivity contribution in [3.63, 3.8) is 0 Å². The molecule has 0 bridgehead atoms. The van der Waals surface area contributed by atoms with Crippen molar-refractivity contribution in [2.24, 2.45) is 0 Å². The van der Waals surface area contributed by atoms with Crippen molar-refractivity contribution in [3.05, 3.63) is 48.3 Å². The maximum atomic E-state index is 12.6. The largest absolute Gasteiger partial charge is 0.399 e. The minimum Gasteiger partial charge on any atom is -0.399 e. The van der Waals surface area contributed by atoms with E-state index in [1.54, 1.807) is 28.6 Å². The minimum absolute atomic E-state index is 0.316. The van der Waals surface area contributed by atoms with E-state index in [9.17, 15) is 8.42 Å². The standard InChI is InChI=1S/C15H19N3O2S/c16-14-1-3-15(4-2-14)21(19,20)18-9-6-12(7-10-18)13-5-8-17-11-13/h1-5,8,11-12,17H,6-7,9-10,16H2. The summed E-state index contributed by atoms with van der Waals surface area (Å²) in [6.45, 7) is 1.12. The molecule has 2 aromatic rings. The van der Waals surface area contributed by atoms with Crippen LogP contribution in [-0.2, 0) is 10.0 Å². The summed E-state index contributed by atoms with van der Waals surface area (Å²) in [5.74, 6) is 0.439. The number of rotatable bonds is 3. The molecule has 0 radical (unpaired) electrons. The third-order valence-electron chi connectivity index (χ3n) is 4.07. The van der Waals surface area contributed by atoms with Gasteiger partial charge in [0.2, 0.25) is 10.0 Å². The van der Waals surface area contributed by atoms with Gasteiger partial charge in [0.25, 0.3) is 0 Å². The fraction of sp³-hybridized carbons (Fsp3) is 0.333. The van der Waals surface area contributed by atoms with Gasteiger partial charge >= 0.3 is 0 Å². The van der Waals surface area contributed by atoms with E-state index in [-0.39, 0.29) is 0 Å². The van der Waals surface area contributed by atoms with Crippen molar-refractivity contribution < 1.29 is 8.42 Å². The fourth-order valence-corrected chi connectivity index (χ4v) is 4.28. The molecule has 0 amide bonds. The highest BCUT2D eigenvalue weighted by molar-refractivity contribution is 7.89. The van der Waals surface area contributed by atoms with Gasteiger partial charge in [0.1, 0.15) is 0 Å². The van der Waals surface area contributed by atoms with Crippen LogP contribution in [0.3, 0.4) is 0 Å². The third-order valence-corrected chi connectivity index (χ3v) is 5.98. The van der Waals surface area contributed by atoms with Gasteiger partial charge in [-0.3, -0.25) is 0 Å². The molecule has 21 heavy (non-hydrogen) atoms. The lowest BCUT2D eigenvalue weighted by atomic mass is 9.92. The molecular formula is C15H19N3O2S. The van der Waals surface area contributed by atoms with Crippen LogP contribution in [0.25, 0.3) is 0 Å². The van der Waals surface area contributed by atoms with E-state index < -0.39 is 10.0 Å². The zero-order valence-corrected chi connectivity index (χ0v) is 12.5. The molecule has 1 aromatic heterocycles. The van der Waals surface area contributed by atoms with Crippen molar-refractivity contribution >= 4 is 15.7 Å². The summed E-state index contributed by atoms with van der Waals surface area (Å²) in [5.41, 5.74) is 7.44. The lowest BCUT2D eigenvalue weighted by Gasteiger charge is -2.31. The van der Waals surface area contributed by atoms with Crippen LogP contribution in [0.2, 0.25) is 0 Å². The highest BCUT2D eigenvalue weighted by Gasteiger charge is 2.29. The number of anilines is 1. The van der Waals surface area contributed by atoms with Gasteiger partial charge in [-0.1, -0.05) is 0 Å². The SMILES string of the molecule is Nc1ccc(S(=O)(=O)N2CCC(c3cc[nH]c3)CC2)cc1. The molecule has 2 heterocycles. The van der Waals surface area contributed by atoms with Crippen molar-refractivity contribution in [1.82, 2.24) is 9.29 Å². The van der Waals surface area contributed by atoms with Crippen LogP contribution < -0.4 is 5.73 Å². The molecule has 1 aliphatic heterocycles. The molecule has 6 heteroatoms. The normalized spacial score (nSPS) is 17.9. The Morgan fingerprint density at radius 2 is 1.76 bits per heavy atom. The molecule has 3 rings (SSSR count). The predicted octanol–water partition coefficient (Wildman–Crippen LogP) is 2.17. The van der Waals surface area contributed by atoms with Gasteiger partial charge in [-0.25, -0.2) is 8.42 Å². The van der Waals surface area contributed by atoms with E-state index in [0.717, 1.165) is 12.8 Å². The van der Waals surface area contributed by atoms with Crippen LogP contribution in [0, 0.1) is 0 Å². The Labute approximate surface area is 124 Å². The van der Waals surface area contributed by atoms with Gasteiger partial charge in [-0.15, -0.1) is 0 Å². The van der Waals surface area contributed by atoms with Crippen LogP contribution in [0.4, 0.5) is 5.69 Å². The lowest BCUT2D eigenvalue weighted by molar-refractivity contribution is 0.319. The van der Waals surface area contributed by atoms with E-state index in [4.69, 9.17) is 5.73 Å². The summed E-state index contributed by atoms with van der Waals surface area (Å²) in [5, 5.41) is 0. The van der Waals surface area contributed by atoms with Gasteiger partial charge in [0.05, 0.1) is 4.90 Å². The molecule has 0 atom stereocenters. The average molecular weight is 305 g/mol. The second-order valence-corrected chi connectivity index (χ2v) is 7.33. The van der Waals surface area contributed by atoms with Gasteiger partial charge in [-0.2, -0.15) is 4.31 Å². The van der Waals surface area contributed by atoms with Crippen LogP contribution in [0.5, 0.6) is 0 Å². The molecule has 1 saturated heterocycles. The lowest BCUT2D eigenvalue weighted by Crippen LogP contribution is -2.37. The Hall–Kier alpha value is -1.79. The topological polar surface area (TPSA) is 79.2 Å². The number of piperidine rings is 1. The Balaban J connectivity index is 1.72. The zero-order valence-electron chi connectivity index (χ0n) is 11.7. The second-order valence-electron chi connectivity index (χ2n) is 5.39. The number of nitrogens with zero attached hydrogens (tertiary/aromatic N) is 1. The first-order valence-electron chi connectivity index (χ1n) is 7.06. The molecule has 0 saturated carbocycles. The third kappa shape index (κ3) is 2.82. The quantitative estimate of drug-likeness (QED) is 0.853. The summed E-state index contributed by atoms with van der Waals surface area (Å²) in [4.78, 5) is 3.37. The number of nitrogen functional groups attached to an aromatic ring is 1. The van der Waals surface area contributed by atoms with Crippen LogP contribution in [0.1, 0.15) is 24.3 Å². The van der Waals surface area contributed by atoms with E-state index in [1.807, 2.05) is 12.4 Å². The van der Waals surface area contributed by atoms with Crippen LogP contribution >= 0.6 is 0 Å². The van der Waals surface area contributed by atoms with E-state index in [2.05, 4.69) is 11.1 Å². The Bertz CT molecular complexity index is 685. The number of H-pyrrole nitrogens is 1. The van der Waals surface area contributed by atoms with Crippen LogP contribution in [-0.4, -0.2) is 30.8 Å². The highest BCUT2D eigenvalue weighted by atomic mass is 32.2. The molecule has 0 unspecified atom stereocenters. The second kappa shape index (κ2) is 5.54. The summed E-state index contributed by atoms with van der Waals surface area (Å²) in [7, 11) is -3.40. The smallest absolute Gasteiger partial charge is 0.243 e. The molecular weight excluding hydrogens is 286 g/mol. The Kier molecular flexibility index (Phi) is 3.73. The van der Waals surface area contributed by atoms with Crippen molar-refractivity contribution in [2.45, 2.75) is 23.7 Å². The Morgan fingerprint density at radius 1 is 1.10 bits per heavy atom. The zero-order chi connectivity index (χ0) is 14.9. The summed E-state index contributed by atoms with van der Waals surface area (Å²) in [6.07, 6.45) is 5.61. The minimum atomic E-state index is -3.40. The van der Waals surface area contributed by atoms with Crippen molar-refractivity contribution in [3.8, 4) is 0 Å². The van der Waals surface area contributed by atoms with E-state index >= 15 is 0 Å². The summed E-state index contributed by atoms with van der Waals surface area (Å²) in [6, 6.07) is 8.46. The molecule has 112 valence electrons. The maximum Gasteiger partial charge on any atom is 0.243 e. The number of aromatic amines is 1. The predicted molar refractivity (Wildman–Crippen MR) is 82.4 cm³/mol. The average Bonchev–Trinajstić information content (AvgIpc) is 3.02. The number of sulfonamides is 1. The molecule has 5 nitrogen and oxygen atoms in total. The van der Waals surface area contributed by atoms with E-state index in [0.29, 0.717) is 29.6 Å². The number of benzene rings is 1. The van der Waals surface area contributed by atoms with Crippen molar-refractivity contribution in [2.75, 3.05) is 18.8 Å². The van der Waals surface area contributed by atoms with E-state index in [1.165, 1.54) is 5.56 Å². The number of aromatic nitrogens is 1. The van der Waals surface area contributed by atoms with Crippen LogP contribution in [0.15, 0.2) is 47.6 Å². The maximum absolute atomic E-state index is 12.6. The summed E-state index contributed by atoms with van der Waals surface area (Å²) >= 11 is 0. The Morgan fingerprint density at radius 3 is 2.33 bits per heavy atom. The first-order chi connectivity index (χ1) is 10.1. The van der Waals surface area contributed by atoms with Gasteiger partial charge in [0.15, 0.2) is 0 Å². The molecule has 3 N–H and O–H groups in total. The first-order valence-corrected chi connectivity index (χ1v) is 8.50. The monoisotopic (exact) mass is 305 g/mol. The molecule has 0 spiro atoms. The first kappa shape index (κ1) is 14.2. The molecule has 1 aliphatic rings. The number of hydrogen-bond acceptors (Lipinski definition) is 3. The van der Waals surface area contributed by atoms with Gasteiger partial charge < -0.3 is 10.7 Å². The summed E-state index contributed by atoms with van der Waals surface area (Å²) < 4.78 is 26.7. The number of nitrogens with one attached hydrogen (secondary N) is 1. The van der Waals surface area contributed by atoms with Gasteiger partial charge in [0, 0.05) is 31.2 Å². The molecule has 0 aliphatic carbocycles. The molecule has 1 fully saturated rings. The van der Waals surface area contributed by atoms with Crippen molar-refractivity contribution in [1.29, 1.82) is 0 Å². The molecule has 1 aromatic carbocycles. The number of hydrogen-bond donors (Lipinski definition) is 2. The fourth-order valence-electron chi connectivity index (χ4n) is 2.81. The van der Waals surface area contributed by atoms with Gasteiger partial charge in [-0.05, 0) is 54.7 Å².